The summed E-state index contributed by atoms with van der Waals surface area (Å²) in [7, 11) is 3.87. The lowest BCUT2D eigenvalue weighted by Crippen LogP contribution is -2.08. The largest absolute Gasteiger partial charge is 0.378 e. The van der Waals surface area contributed by atoms with E-state index in [9.17, 15) is 14.9 Å². The first-order valence-electron chi connectivity index (χ1n) is 6.71. The summed E-state index contributed by atoms with van der Waals surface area (Å²) in [5, 5.41) is 10.6. The number of carbonyl (C=O) groups is 1. The molecule has 0 spiro atoms. The lowest BCUT2D eigenvalue weighted by atomic mass is 10.1. The molecule has 112 valence electrons. The molecule has 22 heavy (non-hydrogen) atoms. The molecule has 0 radical (unpaired) electrons. The van der Waals surface area contributed by atoms with Gasteiger partial charge in [0, 0.05) is 37.5 Å². The van der Waals surface area contributed by atoms with Gasteiger partial charge in [0.1, 0.15) is 0 Å². The summed E-state index contributed by atoms with van der Waals surface area (Å²) >= 11 is 0. The maximum absolute atomic E-state index is 12.1. The first-order valence-corrected chi connectivity index (χ1v) is 6.71. The normalized spacial score (nSPS) is 10.6. The molecule has 0 aliphatic rings. The Morgan fingerprint density at radius 2 is 1.64 bits per heavy atom. The van der Waals surface area contributed by atoms with Crippen molar-refractivity contribution in [2.24, 2.45) is 0 Å². The van der Waals surface area contributed by atoms with Gasteiger partial charge in [-0.2, -0.15) is 0 Å². The van der Waals surface area contributed by atoms with Crippen molar-refractivity contribution >= 4 is 23.2 Å². The van der Waals surface area contributed by atoms with Crippen LogP contribution in [0.2, 0.25) is 0 Å². The van der Waals surface area contributed by atoms with Crippen molar-refractivity contribution < 1.29 is 9.72 Å². The van der Waals surface area contributed by atoms with Crippen LogP contribution >= 0.6 is 0 Å². The lowest BCUT2D eigenvalue weighted by Gasteiger charge is -2.11. The Hall–Kier alpha value is -2.95. The van der Waals surface area contributed by atoms with Crippen molar-refractivity contribution in [1.82, 2.24) is 0 Å². The fraction of sp³-hybridized carbons (Fsp3) is 0.118. The molecule has 0 aliphatic carbocycles. The summed E-state index contributed by atoms with van der Waals surface area (Å²) in [4.78, 5) is 24.1. The molecule has 0 unspecified atom stereocenters. The third-order valence-electron chi connectivity index (χ3n) is 3.20. The highest BCUT2D eigenvalue weighted by molar-refractivity contribution is 6.06. The molecule has 0 bridgehead atoms. The van der Waals surface area contributed by atoms with Crippen molar-refractivity contribution in [2.45, 2.75) is 0 Å². The lowest BCUT2D eigenvalue weighted by molar-refractivity contribution is -0.384. The minimum Gasteiger partial charge on any atom is -0.378 e. The van der Waals surface area contributed by atoms with Crippen molar-refractivity contribution in [3.63, 3.8) is 0 Å². The van der Waals surface area contributed by atoms with Gasteiger partial charge < -0.3 is 4.90 Å². The van der Waals surface area contributed by atoms with E-state index in [1.165, 1.54) is 18.2 Å². The van der Waals surface area contributed by atoms with E-state index >= 15 is 0 Å². The van der Waals surface area contributed by atoms with E-state index in [1.54, 1.807) is 30.3 Å². The zero-order valence-corrected chi connectivity index (χ0v) is 12.4. The first kappa shape index (κ1) is 15.4. The summed E-state index contributed by atoms with van der Waals surface area (Å²) in [6.07, 6.45) is 3.11. The Balaban J connectivity index is 2.08. The van der Waals surface area contributed by atoms with E-state index in [-0.39, 0.29) is 11.5 Å². The van der Waals surface area contributed by atoms with Gasteiger partial charge in [-0.25, -0.2) is 0 Å². The summed E-state index contributed by atoms with van der Waals surface area (Å²) in [5.74, 6) is -0.108. The van der Waals surface area contributed by atoms with Crippen LogP contribution in [0.1, 0.15) is 15.9 Å². The zero-order chi connectivity index (χ0) is 16.1. The van der Waals surface area contributed by atoms with Crippen LogP contribution in [0.5, 0.6) is 0 Å². The van der Waals surface area contributed by atoms with Crippen LogP contribution in [0, 0.1) is 10.1 Å². The molecule has 0 aliphatic heterocycles. The molecule has 0 fully saturated rings. The summed E-state index contributed by atoms with van der Waals surface area (Å²) in [5.41, 5.74) is 2.39. The van der Waals surface area contributed by atoms with Gasteiger partial charge in [-0.05, 0) is 48.0 Å². The number of nitro benzene ring substituents is 1. The number of non-ortho nitro benzene ring substituents is 1. The molecular weight excluding hydrogens is 280 g/mol. The number of allylic oxidation sites excluding steroid dienone is 1. The molecule has 0 saturated carbocycles. The molecule has 0 saturated heterocycles. The third-order valence-corrected chi connectivity index (χ3v) is 3.20. The summed E-state index contributed by atoms with van der Waals surface area (Å²) < 4.78 is 0. The minimum absolute atomic E-state index is 0.0303. The molecule has 0 aromatic heterocycles. The van der Waals surface area contributed by atoms with Crippen molar-refractivity contribution in [3.05, 3.63) is 75.8 Å². The van der Waals surface area contributed by atoms with Gasteiger partial charge >= 0.3 is 0 Å². The van der Waals surface area contributed by atoms with Gasteiger partial charge in [0.2, 0.25) is 0 Å². The molecule has 2 aromatic rings. The molecule has 5 heteroatoms. The highest BCUT2D eigenvalue weighted by Gasteiger charge is 2.04. The number of carbonyl (C=O) groups excluding carboxylic acids is 1. The monoisotopic (exact) mass is 296 g/mol. The van der Waals surface area contributed by atoms with Gasteiger partial charge in [0.25, 0.3) is 5.69 Å². The standard InChI is InChI=1S/C17H16N2O3/c1-18(2)15-10-6-14(7-11-15)17(20)12-5-13-3-8-16(9-4-13)19(21)22/h3-12H,1-2H3/b12-5-. The molecule has 2 rings (SSSR count). The molecular formula is C17H16N2O3. The first-order chi connectivity index (χ1) is 10.5. The Morgan fingerprint density at radius 3 is 2.14 bits per heavy atom. The van der Waals surface area contributed by atoms with Crippen molar-refractivity contribution in [1.29, 1.82) is 0 Å². The molecule has 2 aromatic carbocycles. The second-order valence-electron chi connectivity index (χ2n) is 4.99. The second kappa shape index (κ2) is 6.67. The third kappa shape index (κ3) is 3.79. The highest BCUT2D eigenvalue weighted by atomic mass is 16.6. The Bertz CT molecular complexity index is 702. The average Bonchev–Trinajstić information content (AvgIpc) is 2.53. The van der Waals surface area contributed by atoms with E-state index < -0.39 is 4.92 Å². The van der Waals surface area contributed by atoms with Crippen LogP contribution in [-0.2, 0) is 0 Å². The number of ketones is 1. The Morgan fingerprint density at radius 1 is 1.05 bits per heavy atom. The number of anilines is 1. The van der Waals surface area contributed by atoms with Crippen LogP contribution in [0.4, 0.5) is 11.4 Å². The van der Waals surface area contributed by atoms with E-state index in [2.05, 4.69) is 0 Å². The summed E-state index contributed by atoms with van der Waals surface area (Å²) in [6, 6.07) is 13.4. The van der Waals surface area contributed by atoms with E-state index in [4.69, 9.17) is 0 Å². The Labute approximate surface area is 128 Å². The maximum Gasteiger partial charge on any atom is 0.269 e. The predicted octanol–water partition coefficient (Wildman–Crippen LogP) is 3.56. The maximum atomic E-state index is 12.1. The van der Waals surface area contributed by atoms with Crippen LogP contribution in [-0.4, -0.2) is 24.8 Å². The number of nitro groups is 1. The van der Waals surface area contributed by atoms with Gasteiger partial charge in [0.15, 0.2) is 5.78 Å². The molecule has 0 atom stereocenters. The zero-order valence-electron chi connectivity index (χ0n) is 12.4. The topological polar surface area (TPSA) is 63.5 Å². The average molecular weight is 296 g/mol. The molecule has 0 N–H and O–H groups in total. The predicted molar refractivity (Wildman–Crippen MR) is 87.2 cm³/mol. The summed E-state index contributed by atoms with van der Waals surface area (Å²) in [6.45, 7) is 0. The van der Waals surface area contributed by atoms with Gasteiger partial charge in [-0.15, -0.1) is 0 Å². The second-order valence-corrected chi connectivity index (χ2v) is 4.99. The number of hydrogen-bond acceptors (Lipinski definition) is 4. The molecule has 5 nitrogen and oxygen atoms in total. The van der Waals surface area contributed by atoms with Gasteiger partial charge in [-0.3, -0.25) is 14.9 Å². The SMILES string of the molecule is CN(C)c1ccc(C(=O)/C=C\c2ccc([N+](=O)[O-])cc2)cc1. The number of benzene rings is 2. The minimum atomic E-state index is -0.453. The number of nitrogens with zero attached hydrogens (tertiary/aromatic N) is 2. The van der Waals surface area contributed by atoms with Crippen LogP contribution in [0.15, 0.2) is 54.6 Å². The van der Waals surface area contributed by atoms with Crippen LogP contribution in [0.25, 0.3) is 6.08 Å². The number of rotatable bonds is 5. The fourth-order valence-corrected chi connectivity index (χ4v) is 1.90. The molecule has 0 amide bonds. The number of hydrogen-bond donors (Lipinski definition) is 0. The van der Waals surface area contributed by atoms with Crippen LogP contribution < -0.4 is 4.90 Å². The van der Waals surface area contributed by atoms with Gasteiger partial charge in [0.05, 0.1) is 4.92 Å². The quantitative estimate of drug-likeness (QED) is 0.366. The van der Waals surface area contributed by atoms with Crippen molar-refractivity contribution in [3.8, 4) is 0 Å². The van der Waals surface area contributed by atoms with E-state index in [1.807, 2.05) is 31.1 Å². The van der Waals surface area contributed by atoms with Crippen molar-refractivity contribution in [2.75, 3.05) is 19.0 Å². The smallest absolute Gasteiger partial charge is 0.269 e. The highest BCUT2D eigenvalue weighted by Crippen LogP contribution is 2.15. The Kier molecular flexibility index (Phi) is 4.68. The fourth-order valence-electron chi connectivity index (χ4n) is 1.90. The van der Waals surface area contributed by atoms with E-state index in [0.29, 0.717) is 5.56 Å². The molecule has 0 heterocycles. The van der Waals surface area contributed by atoms with Crippen LogP contribution in [0.3, 0.4) is 0 Å². The van der Waals surface area contributed by atoms with Gasteiger partial charge in [-0.1, -0.05) is 6.08 Å². The van der Waals surface area contributed by atoms with E-state index in [0.717, 1.165) is 11.3 Å².